The third-order valence-electron chi connectivity index (χ3n) is 5.50. The molecule has 3 heterocycles. The number of halogens is 4. The predicted molar refractivity (Wildman–Crippen MR) is 121 cm³/mol. The molecule has 0 unspecified atom stereocenters. The van der Waals surface area contributed by atoms with Crippen LogP contribution in [-0.2, 0) is 11.7 Å². The van der Waals surface area contributed by atoms with Crippen molar-refractivity contribution in [2.24, 2.45) is 0 Å². The largest absolute Gasteiger partial charge is 0.438 e. The summed E-state index contributed by atoms with van der Waals surface area (Å²) in [5.41, 5.74) is -1.09. The monoisotopic (exact) mass is 504 g/mol. The van der Waals surface area contributed by atoms with E-state index < -0.39 is 23.2 Å². The SMILES string of the molecule is CC(C)(c1cc(Nc2ncc(C(F)(F)F)c(Oc3ccc(Cl)cc3)n2)n(C2CC2)n1)n1nccn1. The Morgan fingerprint density at radius 2 is 1.77 bits per heavy atom. The highest BCUT2D eigenvalue weighted by molar-refractivity contribution is 6.30. The molecule has 1 saturated carbocycles. The molecule has 1 N–H and O–H groups in total. The lowest BCUT2D eigenvalue weighted by Crippen LogP contribution is -2.30. The van der Waals surface area contributed by atoms with E-state index in [4.69, 9.17) is 21.4 Å². The standard InChI is InChI=1S/C22H20ClF3N8O/c1-21(2,34-28-9-10-29-34)17-11-18(33(32-17)14-5-6-14)30-20-27-12-16(22(24,25)26)19(31-20)35-15-7-3-13(23)4-8-15/h3-4,7-12,14H,5-6H2,1-2H3,(H,27,30,31). The van der Waals surface area contributed by atoms with Crippen LogP contribution in [-0.4, -0.2) is 34.7 Å². The molecule has 3 aromatic heterocycles. The Bertz CT molecular complexity index is 1330. The van der Waals surface area contributed by atoms with Gasteiger partial charge in [-0.05, 0) is 51.0 Å². The van der Waals surface area contributed by atoms with Crippen molar-refractivity contribution in [3.8, 4) is 11.6 Å². The predicted octanol–water partition coefficient (Wildman–Crippen LogP) is 5.59. The lowest BCUT2D eigenvalue weighted by molar-refractivity contribution is -0.139. The van der Waals surface area contributed by atoms with Crippen molar-refractivity contribution in [2.75, 3.05) is 5.32 Å². The fourth-order valence-electron chi connectivity index (χ4n) is 3.42. The summed E-state index contributed by atoms with van der Waals surface area (Å²) in [5, 5.41) is 16.6. The zero-order valence-electron chi connectivity index (χ0n) is 18.7. The summed E-state index contributed by atoms with van der Waals surface area (Å²) in [6.07, 6.45) is 1.03. The van der Waals surface area contributed by atoms with Crippen molar-refractivity contribution in [3.05, 3.63) is 65.2 Å². The first-order valence-corrected chi connectivity index (χ1v) is 11.1. The Hall–Kier alpha value is -3.67. The van der Waals surface area contributed by atoms with Gasteiger partial charge in [-0.3, -0.25) is 0 Å². The van der Waals surface area contributed by atoms with Crippen LogP contribution in [0.5, 0.6) is 11.6 Å². The minimum Gasteiger partial charge on any atom is -0.438 e. The molecule has 0 spiro atoms. The van der Waals surface area contributed by atoms with E-state index in [1.54, 1.807) is 27.9 Å². The first kappa shape index (κ1) is 23.1. The number of anilines is 2. The number of nitrogens with one attached hydrogen (secondary N) is 1. The first-order chi connectivity index (χ1) is 16.6. The molecule has 0 aliphatic heterocycles. The number of rotatable bonds is 7. The van der Waals surface area contributed by atoms with Crippen LogP contribution in [0.25, 0.3) is 0 Å². The van der Waals surface area contributed by atoms with Gasteiger partial charge in [-0.1, -0.05) is 11.6 Å². The van der Waals surface area contributed by atoms with Crippen molar-refractivity contribution >= 4 is 23.4 Å². The molecule has 1 aromatic carbocycles. The van der Waals surface area contributed by atoms with Gasteiger partial charge in [0.05, 0.1) is 24.1 Å². The minimum absolute atomic E-state index is 0.0645. The van der Waals surface area contributed by atoms with E-state index in [9.17, 15) is 13.2 Å². The maximum atomic E-state index is 13.6. The molecule has 182 valence electrons. The highest BCUT2D eigenvalue weighted by atomic mass is 35.5. The highest BCUT2D eigenvalue weighted by Gasteiger charge is 2.37. The van der Waals surface area contributed by atoms with E-state index in [1.807, 2.05) is 13.8 Å². The molecule has 9 nitrogen and oxygen atoms in total. The van der Waals surface area contributed by atoms with Gasteiger partial charge in [0.2, 0.25) is 11.8 Å². The number of ether oxygens (including phenoxy) is 1. The third-order valence-corrected chi connectivity index (χ3v) is 5.75. The summed E-state index contributed by atoms with van der Waals surface area (Å²) in [4.78, 5) is 9.46. The number of nitrogens with zero attached hydrogens (tertiary/aromatic N) is 7. The van der Waals surface area contributed by atoms with Gasteiger partial charge < -0.3 is 10.1 Å². The lowest BCUT2D eigenvalue weighted by Gasteiger charge is -2.20. The lowest BCUT2D eigenvalue weighted by atomic mass is 10.0. The summed E-state index contributed by atoms with van der Waals surface area (Å²) in [6.45, 7) is 3.84. The zero-order valence-corrected chi connectivity index (χ0v) is 19.4. The summed E-state index contributed by atoms with van der Waals surface area (Å²) in [6, 6.07) is 7.90. The van der Waals surface area contributed by atoms with Crippen molar-refractivity contribution in [3.63, 3.8) is 0 Å². The normalized spacial score (nSPS) is 14.2. The van der Waals surface area contributed by atoms with E-state index in [-0.39, 0.29) is 17.7 Å². The molecule has 13 heteroatoms. The van der Waals surface area contributed by atoms with Crippen molar-refractivity contribution in [2.45, 2.75) is 44.4 Å². The first-order valence-electron chi connectivity index (χ1n) is 10.7. The molecule has 0 atom stereocenters. The van der Waals surface area contributed by atoms with E-state index in [0.29, 0.717) is 22.7 Å². The minimum atomic E-state index is -4.70. The second-order valence-electron chi connectivity index (χ2n) is 8.56. The topological polar surface area (TPSA) is 95.6 Å². The fraction of sp³-hybridized carbons (Fsp3) is 0.318. The van der Waals surface area contributed by atoms with Crippen LogP contribution in [0.3, 0.4) is 0 Å². The van der Waals surface area contributed by atoms with E-state index in [2.05, 4.69) is 25.5 Å². The van der Waals surface area contributed by atoms with Gasteiger partial charge in [-0.25, -0.2) is 9.67 Å². The summed E-state index contributed by atoms with van der Waals surface area (Å²) < 4.78 is 48.0. The number of hydrogen-bond donors (Lipinski definition) is 1. The van der Waals surface area contributed by atoms with E-state index in [1.165, 1.54) is 24.3 Å². The number of benzene rings is 1. The maximum Gasteiger partial charge on any atom is 0.423 e. The summed E-state index contributed by atoms with van der Waals surface area (Å²) in [7, 11) is 0. The molecule has 0 amide bonds. The van der Waals surface area contributed by atoms with Crippen LogP contribution in [0.4, 0.5) is 24.9 Å². The maximum absolute atomic E-state index is 13.6. The van der Waals surface area contributed by atoms with Gasteiger partial charge >= 0.3 is 6.18 Å². The molecule has 0 saturated heterocycles. The molecule has 4 aromatic rings. The smallest absolute Gasteiger partial charge is 0.423 e. The van der Waals surface area contributed by atoms with Gasteiger partial charge in [-0.15, -0.1) is 0 Å². The van der Waals surface area contributed by atoms with Crippen molar-refractivity contribution < 1.29 is 17.9 Å². The molecule has 35 heavy (non-hydrogen) atoms. The van der Waals surface area contributed by atoms with Crippen molar-refractivity contribution in [1.29, 1.82) is 0 Å². The van der Waals surface area contributed by atoms with Crippen LogP contribution in [0.1, 0.15) is 44.0 Å². The third kappa shape index (κ3) is 4.78. The Morgan fingerprint density at radius 3 is 2.40 bits per heavy atom. The zero-order chi connectivity index (χ0) is 24.8. The van der Waals surface area contributed by atoms with Crippen LogP contribution >= 0.6 is 11.6 Å². The highest BCUT2D eigenvalue weighted by Crippen LogP contribution is 2.40. The molecule has 0 radical (unpaired) electrons. The molecule has 1 aliphatic carbocycles. The van der Waals surface area contributed by atoms with Gasteiger partial charge in [-0.2, -0.15) is 38.2 Å². The summed E-state index contributed by atoms with van der Waals surface area (Å²) >= 11 is 5.86. The van der Waals surface area contributed by atoms with Crippen LogP contribution in [0.15, 0.2) is 48.9 Å². The number of hydrogen-bond acceptors (Lipinski definition) is 7. The van der Waals surface area contributed by atoms with Crippen molar-refractivity contribution in [1.82, 2.24) is 34.7 Å². The van der Waals surface area contributed by atoms with E-state index >= 15 is 0 Å². The molecular weight excluding hydrogens is 485 g/mol. The van der Waals surface area contributed by atoms with Crippen LogP contribution in [0.2, 0.25) is 5.02 Å². The Morgan fingerprint density at radius 1 is 1.09 bits per heavy atom. The average molecular weight is 505 g/mol. The van der Waals surface area contributed by atoms with Gasteiger partial charge in [0.1, 0.15) is 22.7 Å². The Kier molecular flexibility index (Phi) is 5.62. The van der Waals surface area contributed by atoms with Gasteiger partial charge in [0, 0.05) is 17.3 Å². The molecule has 1 fully saturated rings. The van der Waals surface area contributed by atoms with E-state index in [0.717, 1.165) is 12.8 Å². The second kappa shape index (κ2) is 8.52. The fourth-order valence-corrected chi connectivity index (χ4v) is 3.54. The second-order valence-corrected chi connectivity index (χ2v) is 9.00. The molecule has 0 bridgehead atoms. The van der Waals surface area contributed by atoms with Crippen LogP contribution in [0, 0.1) is 0 Å². The van der Waals surface area contributed by atoms with Gasteiger partial charge in [0.25, 0.3) is 0 Å². The Labute approximate surface area is 202 Å². The summed E-state index contributed by atoms with van der Waals surface area (Å²) in [5.74, 6) is 0.00435. The number of alkyl halides is 3. The molecule has 5 rings (SSSR count). The number of aromatic nitrogens is 7. The van der Waals surface area contributed by atoms with Gasteiger partial charge in [0.15, 0.2) is 0 Å². The molecular formula is C22H20ClF3N8O. The average Bonchev–Trinajstić information content (AvgIpc) is 3.30. The Balaban J connectivity index is 1.49. The quantitative estimate of drug-likeness (QED) is 0.350. The van der Waals surface area contributed by atoms with Crippen LogP contribution < -0.4 is 10.1 Å². The molecule has 1 aliphatic rings.